The van der Waals surface area contributed by atoms with Crippen molar-refractivity contribution >= 4 is 11.3 Å². The SMILES string of the molecule is CCc1ccc(C(O)c2cc(OC)cs2)cc1CC. The molecule has 1 heterocycles. The van der Waals surface area contributed by atoms with E-state index in [0.29, 0.717) is 0 Å². The molecule has 0 bridgehead atoms. The molecule has 2 aromatic rings. The average Bonchev–Trinajstić information content (AvgIpc) is 2.94. The summed E-state index contributed by atoms with van der Waals surface area (Å²) < 4.78 is 5.16. The zero-order chi connectivity index (χ0) is 13.8. The Kier molecular flexibility index (Phi) is 4.61. The molecule has 0 aliphatic rings. The Morgan fingerprint density at radius 2 is 1.89 bits per heavy atom. The zero-order valence-corrected chi connectivity index (χ0v) is 12.5. The third-order valence-electron chi connectivity index (χ3n) is 3.41. The number of aliphatic hydroxyl groups is 1. The highest BCUT2D eigenvalue weighted by Gasteiger charge is 2.14. The van der Waals surface area contributed by atoms with E-state index in [-0.39, 0.29) is 0 Å². The summed E-state index contributed by atoms with van der Waals surface area (Å²) in [6, 6.07) is 8.17. The molecule has 102 valence electrons. The molecule has 19 heavy (non-hydrogen) atoms. The van der Waals surface area contributed by atoms with Crippen molar-refractivity contribution in [1.29, 1.82) is 0 Å². The first-order chi connectivity index (χ1) is 9.19. The van der Waals surface area contributed by atoms with Crippen molar-refractivity contribution in [3.8, 4) is 5.75 Å². The molecule has 0 saturated heterocycles. The molecule has 0 spiro atoms. The maximum atomic E-state index is 10.4. The first kappa shape index (κ1) is 14.1. The van der Waals surface area contributed by atoms with Crippen LogP contribution >= 0.6 is 11.3 Å². The van der Waals surface area contributed by atoms with Gasteiger partial charge in [-0.15, -0.1) is 11.3 Å². The molecular formula is C16H20O2S. The van der Waals surface area contributed by atoms with Crippen molar-refractivity contribution in [2.45, 2.75) is 32.8 Å². The van der Waals surface area contributed by atoms with E-state index in [1.165, 1.54) is 22.5 Å². The fourth-order valence-corrected chi connectivity index (χ4v) is 3.10. The van der Waals surface area contributed by atoms with Gasteiger partial charge in [0.2, 0.25) is 0 Å². The fraction of sp³-hybridized carbons (Fsp3) is 0.375. The van der Waals surface area contributed by atoms with Crippen LogP contribution in [0.3, 0.4) is 0 Å². The lowest BCUT2D eigenvalue weighted by Gasteiger charge is -2.13. The van der Waals surface area contributed by atoms with Crippen LogP contribution in [-0.4, -0.2) is 12.2 Å². The van der Waals surface area contributed by atoms with Crippen LogP contribution in [0.1, 0.15) is 41.5 Å². The first-order valence-corrected chi connectivity index (χ1v) is 7.49. The van der Waals surface area contributed by atoms with Gasteiger partial charge in [0, 0.05) is 10.3 Å². The number of benzene rings is 1. The van der Waals surface area contributed by atoms with Gasteiger partial charge >= 0.3 is 0 Å². The van der Waals surface area contributed by atoms with Gasteiger partial charge in [-0.05, 0) is 35.6 Å². The lowest BCUT2D eigenvalue weighted by atomic mass is 9.97. The Morgan fingerprint density at radius 1 is 1.16 bits per heavy atom. The van der Waals surface area contributed by atoms with E-state index in [0.717, 1.165) is 29.0 Å². The van der Waals surface area contributed by atoms with Gasteiger partial charge in [0.05, 0.1) is 7.11 Å². The number of ether oxygens (including phenoxy) is 1. The molecular weight excluding hydrogens is 256 g/mol. The number of methoxy groups -OCH3 is 1. The lowest BCUT2D eigenvalue weighted by Crippen LogP contribution is -2.00. The highest BCUT2D eigenvalue weighted by atomic mass is 32.1. The van der Waals surface area contributed by atoms with Gasteiger partial charge in [0.25, 0.3) is 0 Å². The smallest absolute Gasteiger partial charge is 0.129 e. The molecule has 1 unspecified atom stereocenters. The normalized spacial score (nSPS) is 12.4. The predicted octanol–water partition coefficient (Wildman–Crippen LogP) is 3.96. The maximum Gasteiger partial charge on any atom is 0.129 e. The molecule has 3 heteroatoms. The second-order valence-electron chi connectivity index (χ2n) is 4.53. The monoisotopic (exact) mass is 276 g/mol. The number of rotatable bonds is 5. The molecule has 1 N–H and O–H groups in total. The van der Waals surface area contributed by atoms with Crippen LogP contribution in [-0.2, 0) is 12.8 Å². The van der Waals surface area contributed by atoms with Crippen LogP contribution in [0.2, 0.25) is 0 Å². The number of thiophene rings is 1. The van der Waals surface area contributed by atoms with Crippen molar-refractivity contribution in [3.63, 3.8) is 0 Å². The number of aryl methyl sites for hydroxylation is 2. The van der Waals surface area contributed by atoms with E-state index in [4.69, 9.17) is 4.74 Å². The molecule has 0 fully saturated rings. The molecule has 2 rings (SSSR count). The van der Waals surface area contributed by atoms with E-state index in [2.05, 4.69) is 26.0 Å². The molecule has 0 aliphatic heterocycles. The first-order valence-electron chi connectivity index (χ1n) is 6.61. The minimum Gasteiger partial charge on any atom is -0.496 e. The minimum absolute atomic E-state index is 0.565. The van der Waals surface area contributed by atoms with E-state index in [9.17, 15) is 5.11 Å². The van der Waals surface area contributed by atoms with Crippen LogP contribution in [0.25, 0.3) is 0 Å². The Bertz CT molecular complexity index is 545. The average molecular weight is 276 g/mol. The van der Waals surface area contributed by atoms with Crippen LogP contribution in [0.4, 0.5) is 0 Å². The van der Waals surface area contributed by atoms with Crippen molar-refractivity contribution in [3.05, 3.63) is 51.2 Å². The molecule has 1 atom stereocenters. The second kappa shape index (κ2) is 6.22. The fourth-order valence-electron chi connectivity index (χ4n) is 2.24. The minimum atomic E-state index is -0.565. The van der Waals surface area contributed by atoms with E-state index < -0.39 is 6.10 Å². The summed E-state index contributed by atoms with van der Waals surface area (Å²) >= 11 is 1.53. The zero-order valence-electron chi connectivity index (χ0n) is 11.6. The predicted molar refractivity (Wildman–Crippen MR) is 80.1 cm³/mol. The summed E-state index contributed by atoms with van der Waals surface area (Å²) in [6.45, 7) is 4.31. The highest BCUT2D eigenvalue weighted by molar-refractivity contribution is 7.10. The Balaban J connectivity index is 2.30. The lowest BCUT2D eigenvalue weighted by molar-refractivity contribution is 0.223. The van der Waals surface area contributed by atoms with Crippen molar-refractivity contribution < 1.29 is 9.84 Å². The van der Waals surface area contributed by atoms with Crippen LogP contribution in [0.15, 0.2) is 29.6 Å². The Hall–Kier alpha value is -1.32. The van der Waals surface area contributed by atoms with Crippen molar-refractivity contribution in [1.82, 2.24) is 0 Å². The Morgan fingerprint density at radius 3 is 2.47 bits per heavy atom. The topological polar surface area (TPSA) is 29.5 Å². The molecule has 1 aromatic carbocycles. The molecule has 1 aromatic heterocycles. The van der Waals surface area contributed by atoms with Gasteiger partial charge < -0.3 is 9.84 Å². The molecule has 0 saturated carbocycles. The van der Waals surface area contributed by atoms with E-state index in [1.807, 2.05) is 17.5 Å². The summed E-state index contributed by atoms with van der Waals surface area (Å²) in [5.74, 6) is 0.806. The molecule has 0 radical (unpaired) electrons. The number of hydrogen-bond donors (Lipinski definition) is 1. The number of hydrogen-bond acceptors (Lipinski definition) is 3. The summed E-state index contributed by atoms with van der Waals surface area (Å²) in [6.07, 6.45) is 1.47. The van der Waals surface area contributed by atoms with Gasteiger partial charge in [-0.2, -0.15) is 0 Å². The molecule has 0 aliphatic carbocycles. The Labute approximate surface area is 118 Å². The van der Waals surface area contributed by atoms with Crippen LogP contribution in [0.5, 0.6) is 5.75 Å². The van der Waals surface area contributed by atoms with Gasteiger partial charge in [-0.1, -0.05) is 32.0 Å². The summed E-state index contributed by atoms with van der Waals surface area (Å²) in [4.78, 5) is 0.920. The van der Waals surface area contributed by atoms with Crippen LogP contribution in [0, 0.1) is 0 Å². The summed E-state index contributed by atoms with van der Waals surface area (Å²) in [7, 11) is 1.64. The van der Waals surface area contributed by atoms with Crippen molar-refractivity contribution in [2.24, 2.45) is 0 Å². The third-order valence-corrected chi connectivity index (χ3v) is 4.37. The standard InChI is InChI=1S/C16H20O2S/c1-4-11-6-7-13(8-12(11)5-2)16(17)15-9-14(18-3)10-19-15/h6-10,16-17H,4-5H2,1-3H3. The second-order valence-corrected chi connectivity index (χ2v) is 5.47. The third kappa shape index (κ3) is 2.99. The largest absolute Gasteiger partial charge is 0.496 e. The van der Waals surface area contributed by atoms with Gasteiger partial charge in [0.1, 0.15) is 11.9 Å². The number of aliphatic hydroxyl groups excluding tert-OH is 1. The van der Waals surface area contributed by atoms with Gasteiger partial charge in [0.15, 0.2) is 0 Å². The maximum absolute atomic E-state index is 10.4. The highest BCUT2D eigenvalue weighted by Crippen LogP contribution is 2.31. The molecule has 0 amide bonds. The quantitative estimate of drug-likeness (QED) is 0.895. The van der Waals surface area contributed by atoms with Crippen molar-refractivity contribution in [2.75, 3.05) is 7.11 Å². The van der Waals surface area contributed by atoms with Gasteiger partial charge in [-0.25, -0.2) is 0 Å². The summed E-state index contributed by atoms with van der Waals surface area (Å²) in [5, 5.41) is 12.4. The molecule has 2 nitrogen and oxygen atoms in total. The van der Waals surface area contributed by atoms with E-state index >= 15 is 0 Å². The van der Waals surface area contributed by atoms with Gasteiger partial charge in [-0.3, -0.25) is 0 Å². The van der Waals surface area contributed by atoms with E-state index in [1.54, 1.807) is 7.11 Å². The summed E-state index contributed by atoms with van der Waals surface area (Å²) in [5.41, 5.74) is 3.64. The van der Waals surface area contributed by atoms with Crippen LogP contribution < -0.4 is 4.74 Å².